The molecule has 2 aromatic carbocycles. The third-order valence-corrected chi connectivity index (χ3v) is 4.61. The van der Waals surface area contributed by atoms with E-state index in [1.165, 1.54) is 4.90 Å². The van der Waals surface area contributed by atoms with Crippen LogP contribution in [-0.4, -0.2) is 38.7 Å². The van der Waals surface area contributed by atoms with E-state index in [-0.39, 0.29) is 24.9 Å². The van der Waals surface area contributed by atoms with Crippen LogP contribution in [0.1, 0.15) is 18.9 Å². The first-order valence-electron chi connectivity index (χ1n) is 9.12. The summed E-state index contributed by atoms with van der Waals surface area (Å²) in [6, 6.07) is 12.6. The Morgan fingerprint density at radius 1 is 1.18 bits per heavy atom. The second kappa shape index (κ2) is 8.65. The van der Waals surface area contributed by atoms with Crippen molar-refractivity contribution in [3.05, 3.63) is 48.0 Å². The van der Waals surface area contributed by atoms with Gasteiger partial charge < -0.3 is 19.5 Å². The number of nitrogens with zero attached hydrogens (tertiary/aromatic N) is 1. The number of benzene rings is 2. The van der Waals surface area contributed by atoms with Crippen molar-refractivity contribution in [3.63, 3.8) is 0 Å². The van der Waals surface area contributed by atoms with Crippen molar-refractivity contribution in [2.75, 3.05) is 25.7 Å². The molecule has 0 bridgehead atoms. The monoisotopic (exact) mass is 384 g/mol. The van der Waals surface area contributed by atoms with Gasteiger partial charge in [-0.25, -0.2) is 0 Å². The molecule has 148 valence electrons. The van der Waals surface area contributed by atoms with Gasteiger partial charge in [0, 0.05) is 18.2 Å². The number of anilines is 1. The number of methoxy groups -OCH3 is 2. The molecule has 0 aromatic heterocycles. The number of amides is 2. The van der Waals surface area contributed by atoms with E-state index >= 15 is 0 Å². The van der Waals surface area contributed by atoms with Gasteiger partial charge in [-0.2, -0.15) is 0 Å². The molecule has 28 heavy (non-hydrogen) atoms. The van der Waals surface area contributed by atoms with Crippen molar-refractivity contribution in [2.45, 2.75) is 26.0 Å². The van der Waals surface area contributed by atoms with Gasteiger partial charge in [0.25, 0.3) is 5.91 Å². The Labute approximate surface area is 164 Å². The number of carbonyl (C=O) groups is 2. The van der Waals surface area contributed by atoms with Crippen LogP contribution < -0.4 is 24.4 Å². The molecule has 3 rings (SSSR count). The van der Waals surface area contributed by atoms with Crippen molar-refractivity contribution in [1.29, 1.82) is 0 Å². The first kappa shape index (κ1) is 19.5. The normalized spacial score (nSPS) is 15.5. The molecule has 1 unspecified atom stereocenters. The Morgan fingerprint density at radius 2 is 1.96 bits per heavy atom. The molecule has 0 spiro atoms. The Kier molecular flexibility index (Phi) is 6.03. The summed E-state index contributed by atoms with van der Waals surface area (Å²) in [5, 5.41) is 2.85. The molecule has 2 aromatic rings. The lowest BCUT2D eigenvalue weighted by atomic mass is 10.1. The summed E-state index contributed by atoms with van der Waals surface area (Å²) in [4.78, 5) is 26.7. The smallest absolute Gasteiger partial charge is 0.268 e. The third kappa shape index (κ3) is 4.03. The topological polar surface area (TPSA) is 77.1 Å². The Hall–Kier alpha value is -3.22. The predicted molar refractivity (Wildman–Crippen MR) is 105 cm³/mol. The van der Waals surface area contributed by atoms with Crippen LogP contribution in [0.3, 0.4) is 0 Å². The van der Waals surface area contributed by atoms with Crippen molar-refractivity contribution >= 4 is 17.5 Å². The van der Waals surface area contributed by atoms with Crippen LogP contribution in [0.25, 0.3) is 0 Å². The number of para-hydroxylation sites is 2. The van der Waals surface area contributed by atoms with Crippen LogP contribution >= 0.6 is 0 Å². The average Bonchev–Trinajstić information content (AvgIpc) is 2.73. The highest BCUT2D eigenvalue weighted by molar-refractivity contribution is 6.03. The maximum absolute atomic E-state index is 12.7. The number of hydrogen-bond acceptors (Lipinski definition) is 5. The highest BCUT2D eigenvalue weighted by Gasteiger charge is 2.34. The van der Waals surface area contributed by atoms with Crippen molar-refractivity contribution in [1.82, 2.24) is 5.32 Å². The summed E-state index contributed by atoms with van der Waals surface area (Å²) >= 11 is 0. The van der Waals surface area contributed by atoms with Crippen molar-refractivity contribution < 1.29 is 23.8 Å². The molecule has 0 aliphatic carbocycles. The first-order valence-corrected chi connectivity index (χ1v) is 9.12. The number of rotatable bonds is 7. The molecule has 1 atom stereocenters. The predicted octanol–water partition coefficient (Wildman–Crippen LogP) is 2.52. The summed E-state index contributed by atoms with van der Waals surface area (Å²) in [6.45, 7) is 2.09. The van der Waals surface area contributed by atoms with Gasteiger partial charge in [0.05, 0.1) is 19.9 Å². The molecule has 2 amide bonds. The van der Waals surface area contributed by atoms with Crippen LogP contribution in [0.2, 0.25) is 0 Å². The van der Waals surface area contributed by atoms with Gasteiger partial charge in [0.15, 0.2) is 6.10 Å². The zero-order chi connectivity index (χ0) is 20.1. The summed E-state index contributed by atoms with van der Waals surface area (Å²) < 4.78 is 16.3. The van der Waals surface area contributed by atoms with E-state index in [9.17, 15) is 9.59 Å². The Bertz CT molecular complexity index is 868. The number of ether oxygens (including phenoxy) is 3. The molecule has 1 N–H and O–H groups in total. The first-order chi connectivity index (χ1) is 13.6. The zero-order valence-corrected chi connectivity index (χ0v) is 16.2. The maximum atomic E-state index is 12.7. The van der Waals surface area contributed by atoms with Crippen LogP contribution in [-0.2, 0) is 16.1 Å². The molecule has 0 saturated heterocycles. The number of nitrogens with one attached hydrogen (secondary N) is 1. The van der Waals surface area contributed by atoms with Crippen LogP contribution in [0.5, 0.6) is 17.2 Å². The second-order valence-electron chi connectivity index (χ2n) is 6.36. The fraction of sp³-hybridized carbons (Fsp3) is 0.333. The van der Waals surface area contributed by atoms with Crippen molar-refractivity contribution in [2.24, 2.45) is 0 Å². The molecule has 1 aliphatic heterocycles. The van der Waals surface area contributed by atoms with E-state index in [1.54, 1.807) is 38.5 Å². The van der Waals surface area contributed by atoms with Gasteiger partial charge in [-0.05, 0) is 30.7 Å². The summed E-state index contributed by atoms with van der Waals surface area (Å²) in [5.74, 6) is 1.43. The number of fused-ring (bicyclic) bond motifs is 1. The lowest BCUT2D eigenvalue weighted by Gasteiger charge is -2.33. The average molecular weight is 384 g/mol. The maximum Gasteiger partial charge on any atom is 0.268 e. The van der Waals surface area contributed by atoms with Gasteiger partial charge in [-0.1, -0.05) is 19.1 Å². The van der Waals surface area contributed by atoms with Gasteiger partial charge in [0.2, 0.25) is 5.91 Å². The van der Waals surface area contributed by atoms with E-state index in [1.807, 2.05) is 25.1 Å². The molecule has 1 aliphatic rings. The molecule has 7 nitrogen and oxygen atoms in total. The quantitative estimate of drug-likeness (QED) is 0.794. The fourth-order valence-electron chi connectivity index (χ4n) is 3.09. The second-order valence-corrected chi connectivity index (χ2v) is 6.36. The summed E-state index contributed by atoms with van der Waals surface area (Å²) in [6.07, 6.45) is -0.0432. The minimum atomic E-state index is -0.579. The van der Waals surface area contributed by atoms with Crippen molar-refractivity contribution in [3.8, 4) is 17.2 Å². The van der Waals surface area contributed by atoms with Gasteiger partial charge in [-0.3, -0.25) is 14.5 Å². The van der Waals surface area contributed by atoms with Crippen LogP contribution in [0, 0.1) is 0 Å². The highest BCUT2D eigenvalue weighted by Crippen LogP contribution is 2.34. The molecule has 0 radical (unpaired) electrons. The zero-order valence-electron chi connectivity index (χ0n) is 16.2. The minimum absolute atomic E-state index is 0.0752. The Morgan fingerprint density at radius 3 is 2.68 bits per heavy atom. The lowest BCUT2D eigenvalue weighted by Crippen LogP contribution is -2.49. The number of carbonyl (C=O) groups excluding carboxylic acids is 2. The van der Waals surface area contributed by atoms with E-state index in [0.717, 1.165) is 5.56 Å². The fourth-order valence-corrected chi connectivity index (χ4v) is 3.09. The SMILES string of the molecule is CCC1Oc2ccccc2N(CC(=O)NCc2ccc(OC)cc2OC)C1=O. The van der Waals surface area contributed by atoms with Gasteiger partial charge >= 0.3 is 0 Å². The van der Waals surface area contributed by atoms with Crippen LogP contribution in [0.4, 0.5) is 5.69 Å². The Balaban J connectivity index is 1.70. The molecule has 1 heterocycles. The molecule has 0 fully saturated rings. The van der Waals surface area contributed by atoms with E-state index < -0.39 is 6.10 Å². The molecular formula is C21H24N2O5. The van der Waals surface area contributed by atoms with E-state index in [4.69, 9.17) is 14.2 Å². The third-order valence-electron chi connectivity index (χ3n) is 4.61. The summed E-state index contributed by atoms with van der Waals surface area (Å²) in [5.41, 5.74) is 1.42. The van der Waals surface area contributed by atoms with Gasteiger partial charge in [-0.15, -0.1) is 0 Å². The lowest BCUT2D eigenvalue weighted by molar-refractivity contribution is -0.129. The van der Waals surface area contributed by atoms with Gasteiger partial charge in [0.1, 0.15) is 23.8 Å². The standard InChI is InChI=1S/C21H24N2O5/c1-4-17-21(25)23(16-7-5-6-8-18(16)28-17)13-20(24)22-12-14-9-10-15(26-2)11-19(14)27-3/h5-11,17H,4,12-13H2,1-3H3,(H,22,24). The number of hydrogen-bond donors (Lipinski definition) is 1. The summed E-state index contributed by atoms with van der Waals surface area (Å²) in [7, 11) is 3.14. The molecule has 0 saturated carbocycles. The van der Waals surface area contributed by atoms with E-state index in [2.05, 4.69) is 5.32 Å². The van der Waals surface area contributed by atoms with E-state index in [0.29, 0.717) is 29.4 Å². The van der Waals surface area contributed by atoms with Crippen LogP contribution in [0.15, 0.2) is 42.5 Å². The molecular weight excluding hydrogens is 360 g/mol. The largest absolute Gasteiger partial charge is 0.497 e. The highest BCUT2D eigenvalue weighted by atomic mass is 16.5. The minimum Gasteiger partial charge on any atom is -0.497 e. The molecule has 7 heteroatoms.